The number of carbonyl (C=O) groups is 2. The van der Waals surface area contributed by atoms with E-state index in [1.807, 2.05) is 6.92 Å². The quantitative estimate of drug-likeness (QED) is 0.294. The zero-order valence-corrected chi connectivity index (χ0v) is 15.7. The number of carboxylic acid groups (broad SMARTS) is 1. The second kappa shape index (κ2) is 7.60. The second-order valence-electron chi connectivity index (χ2n) is 6.40. The highest BCUT2D eigenvalue weighted by Gasteiger charge is 2.15. The Balaban J connectivity index is 1.66. The number of rotatable bonds is 5. The molecular weight excluding hydrogens is 388 g/mol. The average molecular weight is 404 g/mol. The normalized spacial score (nSPS) is 10.7. The highest BCUT2D eigenvalue weighted by Crippen LogP contribution is 2.25. The molecule has 3 heterocycles. The number of pyridine rings is 1. The molecule has 0 saturated carbocycles. The van der Waals surface area contributed by atoms with Gasteiger partial charge >= 0.3 is 5.97 Å². The summed E-state index contributed by atoms with van der Waals surface area (Å²) < 4.78 is 1.77. The maximum absolute atomic E-state index is 11.4. The SMILES string of the molecule is Cc1nc2cc(C(=O)O)ccn2c1-c1ccnc(Nc2ccc(C(=O)NO)cc2)n1. The molecule has 0 radical (unpaired) electrons. The van der Waals surface area contributed by atoms with E-state index in [1.54, 1.807) is 52.6 Å². The van der Waals surface area contributed by atoms with Crippen LogP contribution in [0.2, 0.25) is 0 Å². The predicted octanol–water partition coefficient (Wildman–Crippen LogP) is 2.66. The third-order valence-electron chi connectivity index (χ3n) is 4.45. The number of benzene rings is 1. The largest absolute Gasteiger partial charge is 0.478 e. The fourth-order valence-corrected chi connectivity index (χ4v) is 3.05. The minimum Gasteiger partial charge on any atom is -0.478 e. The summed E-state index contributed by atoms with van der Waals surface area (Å²) in [7, 11) is 0. The van der Waals surface area contributed by atoms with Gasteiger partial charge in [0, 0.05) is 23.6 Å². The summed E-state index contributed by atoms with van der Waals surface area (Å²) in [6, 6.07) is 11.2. The van der Waals surface area contributed by atoms with Gasteiger partial charge < -0.3 is 10.4 Å². The topological polar surface area (TPSA) is 142 Å². The number of carbonyl (C=O) groups excluding carboxylic acids is 1. The molecule has 0 atom stereocenters. The van der Waals surface area contributed by atoms with Crippen molar-refractivity contribution >= 4 is 29.2 Å². The molecular formula is C20H16N6O4. The summed E-state index contributed by atoms with van der Waals surface area (Å²) in [6.45, 7) is 1.82. The van der Waals surface area contributed by atoms with Gasteiger partial charge in [-0.05, 0) is 49.4 Å². The van der Waals surface area contributed by atoms with E-state index in [4.69, 9.17) is 5.21 Å². The number of fused-ring (bicyclic) bond motifs is 1. The van der Waals surface area contributed by atoms with Gasteiger partial charge in [0.25, 0.3) is 5.91 Å². The molecule has 0 unspecified atom stereocenters. The first-order valence-corrected chi connectivity index (χ1v) is 8.83. The van der Waals surface area contributed by atoms with Crippen molar-refractivity contribution in [3.8, 4) is 11.4 Å². The van der Waals surface area contributed by atoms with Crippen LogP contribution < -0.4 is 10.8 Å². The Bertz CT molecular complexity index is 1270. The molecule has 4 aromatic rings. The summed E-state index contributed by atoms with van der Waals surface area (Å²) in [5, 5.41) is 20.9. The summed E-state index contributed by atoms with van der Waals surface area (Å²) in [4.78, 5) is 35.8. The lowest BCUT2D eigenvalue weighted by molar-refractivity contribution is 0.0693. The van der Waals surface area contributed by atoms with Crippen molar-refractivity contribution in [3.05, 3.63) is 71.7 Å². The van der Waals surface area contributed by atoms with Crippen molar-refractivity contribution in [1.29, 1.82) is 0 Å². The minimum atomic E-state index is -1.02. The second-order valence-corrected chi connectivity index (χ2v) is 6.40. The van der Waals surface area contributed by atoms with Gasteiger partial charge in [0.15, 0.2) is 0 Å². The number of aryl methyl sites for hydroxylation is 1. The van der Waals surface area contributed by atoms with E-state index in [1.165, 1.54) is 12.1 Å². The first-order chi connectivity index (χ1) is 14.5. The molecule has 0 aliphatic heterocycles. The number of anilines is 2. The molecule has 150 valence electrons. The standard InChI is InChI=1S/C20H16N6O4/c1-11-17(26-9-7-13(19(28)29)10-16(26)22-11)15-6-8-21-20(24-15)23-14-4-2-12(3-5-14)18(27)25-30/h2-10,30H,1H3,(H,25,27)(H,28,29)(H,21,23,24). The van der Waals surface area contributed by atoms with Crippen LogP contribution in [0.4, 0.5) is 11.6 Å². The fraction of sp³-hybridized carbons (Fsp3) is 0.0500. The lowest BCUT2D eigenvalue weighted by Crippen LogP contribution is -2.18. The van der Waals surface area contributed by atoms with Crippen LogP contribution in [0.1, 0.15) is 26.4 Å². The van der Waals surface area contributed by atoms with Crippen LogP contribution in [0.5, 0.6) is 0 Å². The Kier molecular flexibility index (Phi) is 4.82. The number of nitrogens with zero attached hydrogens (tertiary/aromatic N) is 4. The van der Waals surface area contributed by atoms with Crippen LogP contribution >= 0.6 is 0 Å². The number of hydroxylamine groups is 1. The van der Waals surface area contributed by atoms with Crippen LogP contribution in [-0.2, 0) is 0 Å². The van der Waals surface area contributed by atoms with E-state index in [0.29, 0.717) is 34.2 Å². The number of amides is 1. The third-order valence-corrected chi connectivity index (χ3v) is 4.45. The lowest BCUT2D eigenvalue weighted by atomic mass is 10.2. The summed E-state index contributed by atoms with van der Waals surface area (Å²) in [5.74, 6) is -1.28. The maximum atomic E-state index is 11.4. The molecule has 10 heteroatoms. The molecule has 0 aliphatic rings. The van der Waals surface area contributed by atoms with Crippen LogP contribution in [-0.4, -0.2) is 41.5 Å². The van der Waals surface area contributed by atoms with E-state index >= 15 is 0 Å². The van der Waals surface area contributed by atoms with Crippen LogP contribution in [0.25, 0.3) is 17.0 Å². The fourth-order valence-electron chi connectivity index (χ4n) is 3.05. The molecule has 1 aromatic carbocycles. The van der Waals surface area contributed by atoms with Crippen molar-refractivity contribution in [3.63, 3.8) is 0 Å². The van der Waals surface area contributed by atoms with Crippen molar-refractivity contribution in [2.45, 2.75) is 6.92 Å². The van der Waals surface area contributed by atoms with E-state index in [9.17, 15) is 14.7 Å². The Morgan fingerprint density at radius 2 is 1.80 bits per heavy atom. The molecule has 0 aliphatic carbocycles. The third kappa shape index (κ3) is 3.54. The van der Waals surface area contributed by atoms with Gasteiger partial charge in [-0.2, -0.15) is 0 Å². The van der Waals surface area contributed by atoms with E-state index in [-0.39, 0.29) is 5.56 Å². The first kappa shape index (κ1) is 19.0. The van der Waals surface area contributed by atoms with Crippen molar-refractivity contribution in [1.82, 2.24) is 24.8 Å². The Labute approximate surface area is 169 Å². The number of nitrogens with one attached hydrogen (secondary N) is 2. The van der Waals surface area contributed by atoms with Crippen molar-refractivity contribution in [2.75, 3.05) is 5.32 Å². The molecule has 30 heavy (non-hydrogen) atoms. The van der Waals surface area contributed by atoms with Crippen molar-refractivity contribution < 1.29 is 19.9 Å². The summed E-state index contributed by atoms with van der Waals surface area (Å²) in [5.41, 5.74) is 5.23. The van der Waals surface area contributed by atoms with Crippen molar-refractivity contribution in [2.24, 2.45) is 0 Å². The van der Waals surface area contributed by atoms with Gasteiger partial charge in [-0.3, -0.25) is 14.4 Å². The van der Waals surface area contributed by atoms with E-state index < -0.39 is 11.9 Å². The number of aromatic carboxylic acids is 1. The van der Waals surface area contributed by atoms with E-state index in [0.717, 1.165) is 5.69 Å². The minimum absolute atomic E-state index is 0.155. The van der Waals surface area contributed by atoms with Gasteiger partial charge in [0.05, 0.1) is 22.6 Å². The average Bonchev–Trinajstić information content (AvgIpc) is 3.08. The number of carboxylic acids is 1. The molecule has 4 N–H and O–H groups in total. The zero-order valence-electron chi connectivity index (χ0n) is 15.7. The Hall–Kier alpha value is -4.31. The van der Waals surface area contributed by atoms with E-state index in [2.05, 4.69) is 20.3 Å². The highest BCUT2D eigenvalue weighted by atomic mass is 16.5. The predicted molar refractivity (Wildman–Crippen MR) is 107 cm³/mol. The maximum Gasteiger partial charge on any atom is 0.335 e. The number of hydrogen-bond donors (Lipinski definition) is 4. The van der Waals surface area contributed by atoms with Gasteiger partial charge in [-0.1, -0.05) is 0 Å². The number of imidazole rings is 1. The Morgan fingerprint density at radius 3 is 2.50 bits per heavy atom. The highest BCUT2D eigenvalue weighted by molar-refractivity contribution is 5.93. The number of hydrogen-bond acceptors (Lipinski definition) is 7. The molecule has 3 aromatic heterocycles. The monoisotopic (exact) mass is 404 g/mol. The van der Waals surface area contributed by atoms with Gasteiger partial charge in [0.2, 0.25) is 5.95 Å². The smallest absolute Gasteiger partial charge is 0.335 e. The molecule has 0 fully saturated rings. The Morgan fingerprint density at radius 1 is 1.03 bits per heavy atom. The first-order valence-electron chi connectivity index (χ1n) is 8.83. The number of aromatic nitrogens is 4. The summed E-state index contributed by atoms with van der Waals surface area (Å²) in [6.07, 6.45) is 3.25. The molecule has 0 bridgehead atoms. The van der Waals surface area contributed by atoms with Gasteiger partial charge in [0.1, 0.15) is 5.65 Å². The molecule has 4 rings (SSSR count). The van der Waals surface area contributed by atoms with Crippen LogP contribution in [0.15, 0.2) is 54.9 Å². The lowest BCUT2D eigenvalue weighted by Gasteiger charge is -2.08. The van der Waals surface area contributed by atoms with Crippen LogP contribution in [0.3, 0.4) is 0 Å². The molecule has 0 saturated heterocycles. The summed E-state index contributed by atoms with van der Waals surface area (Å²) >= 11 is 0. The molecule has 10 nitrogen and oxygen atoms in total. The molecule has 0 spiro atoms. The molecule has 1 amide bonds. The zero-order chi connectivity index (χ0) is 21.3. The van der Waals surface area contributed by atoms with Gasteiger partial charge in [-0.25, -0.2) is 25.2 Å². The van der Waals surface area contributed by atoms with Crippen LogP contribution in [0, 0.1) is 6.92 Å². The van der Waals surface area contributed by atoms with Gasteiger partial charge in [-0.15, -0.1) is 0 Å².